The molecule has 0 radical (unpaired) electrons. The quantitative estimate of drug-likeness (QED) is 0.799. The van der Waals surface area contributed by atoms with Gasteiger partial charge in [0.2, 0.25) is 0 Å². The van der Waals surface area contributed by atoms with Crippen LogP contribution in [0.3, 0.4) is 0 Å². The van der Waals surface area contributed by atoms with Gasteiger partial charge in [0.1, 0.15) is 10.8 Å². The van der Waals surface area contributed by atoms with Crippen LogP contribution in [0.4, 0.5) is 0 Å². The fourth-order valence-electron chi connectivity index (χ4n) is 2.66. The highest BCUT2D eigenvalue weighted by Gasteiger charge is 2.23. The van der Waals surface area contributed by atoms with Crippen LogP contribution >= 0.6 is 11.6 Å². The molecule has 0 amide bonds. The molecule has 0 aliphatic carbocycles. The summed E-state index contributed by atoms with van der Waals surface area (Å²) in [6.07, 6.45) is 3.40. The van der Waals surface area contributed by atoms with Crippen LogP contribution < -0.4 is 0 Å². The van der Waals surface area contributed by atoms with Gasteiger partial charge in [-0.25, -0.2) is 9.78 Å². The molecular formula is C14H15ClN2O3. The number of aromatic nitrogens is 2. The molecule has 6 heteroatoms. The monoisotopic (exact) mass is 294 g/mol. The Morgan fingerprint density at radius 2 is 2.25 bits per heavy atom. The first-order valence-electron chi connectivity index (χ1n) is 6.54. The summed E-state index contributed by atoms with van der Waals surface area (Å²) in [6, 6.07) is 3.69. The third-order valence-corrected chi connectivity index (χ3v) is 3.94. The Labute approximate surface area is 121 Å². The molecule has 3 heterocycles. The van der Waals surface area contributed by atoms with Gasteiger partial charge in [-0.05, 0) is 25.0 Å². The minimum atomic E-state index is -0.377. The van der Waals surface area contributed by atoms with Crippen LogP contribution in [0.15, 0.2) is 18.3 Å². The number of carbonyl (C=O) groups excluding carboxylic acids is 1. The van der Waals surface area contributed by atoms with Gasteiger partial charge >= 0.3 is 5.97 Å². The SMILES string of the molecule is COC(=O)c1ccnc2c1cc(Cl)n2C1CCOCC1. The third-order valence-electron chi connectivity index (χ3n) is 3.65. The molecule has 0 unspecified atom stereocenters. The van der Waals surface area contributed by atoms with Crippen molar-refractivity contribution in [3.63, 3.8) is 0 Å². The highest BCUT2D eigenvalue weighted by atomic mass is 35.5. The van der Waals surface area contributed by atoms with Crippen LogP contribution in [0, 0.1) is 0 Å². The summed E-state index contributed by atoms with van der Waals surface area (Å²) >= 11 is 6.35. The molecule has 0 N–H and O–H groups in total. The van der Waals surface area contributed by atoms with Crippen LogP contribution in [0.25, 0.3) is 11.0 Å². The maximum absolute atomic E-state index is 11.8. The number of pyridine rings is 1. The number of hydrogen-bond acceptors (Lipinski definition) is 4. The van der Waals surface area contributed by atoms with Gasteiger partial charge in [-0.3, -0.25) is 0 Å². The number of ether oxygens (including phenoxy) is 2. The summed E-state index contributed by atoms with van der Waals surface area (Å²) in [4.78, 5) is 16.2. The van der Waals surface area contributed by atoms with E-state index in [1.807, 2.05) is 4.57 Å². The van der Waals surface area contributed by atoms with Crippen molar-refractivity contribution >= 4 is 28.6 Å². The Morgan fingerprint density at radius 1 is 1.50 bits per heavy atom. The summed E-state index contributed by atoms with van der Waals surface area (Å²) in [5, 5.41) is 1.33. The fraction of sp³-hybridized carbons (Fsp3) is 0.429. The average molecular weight is 295 g/mol. The summed E-state index contributed by atoms with van der Waals surface area (Å²) in [5.41, 5.74) is 1.22. The summed E-state index contributed by atoms with van der Waals surface area (Å²) in [6.45, 7) is 1.44. The van der Waals surface area contributed by atoms with Crippen molar-refractivity contribution in [1.29, 1.82) is 0 Å². The third kappa shape index (κ3) is 2.17. The van der Waals surface area contributed by atoms with Crippen molar-refractivity contribution in [2.24, 2.45) is 0 Å². The van der Waals surface area contributed by atoms with Crippen LogP contribution in [0.1, 0.15) is 29.2 Å². The molecule has 1 saturated heterocycles. The molecule has 0 spiro atoms. The van der Waals surface area contributed by atoms with E-state index in [0.29, 0.717) is 10.7 Å². The van der Waals surface area contributed by atoms with E-state index in [1.54, 1.807) is 18.3 Å². The van der Waals surface area contributed by atoms with Gasteiger partial charge in [-0.15, -0.1) is 0 Å². The lowest BCUT2D eigenvalue weighted by molar-refractivity contribution is 0.0602. The second-order valence-electron chi connectivity index (χ2n) is 4.77. The Bertz CT molecular complexity index is 647. The van der Waals surface area contributed by atoms with E-state index in [0.717, 1.165) is 37.1 Å². The smallest absolute Gasteiger partial charge is 0.338 e. The maximum Gasteiger partial charge on any atom is 0.338 e. The Morgan fingerprint density at radius 3 is 2.95 bits per heavy atom. The number of hydrogen-bond donors (Lipinski definition) is 0. The number of fused-ring (bicyclic) bond motifs is 1. The summed E-state index contributed by atoms with van der Waals surface area (Å²) in [7, 11) is 1.37. The van der Waals surface area contributed by atoms with E-state index in [2.05, 4.69) is 4.98 Å². The molecule has 2 aromatic rings. The van der Waals surface area contributed by atoms with Crippen LogP contribution in [0.2, 0.25) is 5.15 Å². The molecular weight excluding hydrogens is 280 g/mol. The van der Waals surface area contributed by atoms with Crippen LogP contribution in [0.5, 0.6) is 0 Å². The highest BCUT2D eigenvalue weighted by molar-refractivity contribution is 6.31. The molecule has 3 rings (SSSR count). The zero-order chi connectivity index (χ0) is 14.1. The standard InChI is InChI=1S/C14H15ClN2O3/c1-19-14(18)10-2-5-16-13-11(10)8-12(15)17(13)9-3-6-20-7-4-9/h2,5,8-9H,3-4,6-7H2,1H3. The van der Waals surface area contributed by atoms with Crippen molar-refractivity contribution in [3.8, 4) is 0 Å². The van der Waals surface area contributed by atoms with Gasteiger partial charge in [-0.2, -0.15) is 0 Å². The number of halogens is 1. The molecule has 0 saturated carbocycles. The zero-order valence-electron chi connectivity index (χ0n) is 11.1. The number of carbonyl (C=O) groups is 1. The zero-order valence-corrected chi connectivity index (χ0v) is 11.9. The van der Waals surface area contributed by atoms with E-state index in [4.69, 9.17) is 21.1 Å². The van der Waals surface area contributed by atoms with Crippen molar-refractivity contribution in [3.05, 3.63) is 29.0 Å². The minimum absolute atomic E-state index is 0.258. The lowest BCUT2D eigenvalue weighted by Gasteiger charge is -2.24. The number of nitrogens with zero attached hydrogens (tertiary/aromatic N) is 2. The summed E-state index contributed by atoms with van der Waals surface area (Å²) in [5.74, 6) is -0.377. The van der Waals surface area contributed by atoms with Crippen LogP contribution in [-0.2, 0) is 9.47 Å². The predicted molar refractivity (Wildman–Crippen MR) is 75.2 cm³/mol. The molecule has 5 nitrogen and oxygen atoms in total. The average Bonchev–Trinajstić information content (AvgIpc) is 2.83. The Kier molecular flexibility index (Phi) is 3.63. The molecule has 0 aromatic carbocycles. The first-order valence-corrected chi connectivity index (χ1v) is 6.91. The molecule has 20 heavy (non-hydrogen) atoms. The largest absolute Gasteiger partial charge is 0.465 e. The lowest BCUT2D eigenvalue weighted by atomic mass is 10.1. The molecule has 1 aliphatic heterocycles. The Balaban J connectivity index is 2.13. The molecule has 0 bridgehead atoms. The van der Waals surface area contributed by atoms with E-state index in [9.17, 15) is 4.79 Å². The van der Waals surface area contributed by atoms with Crippen molar-refractivity contribution < 1.29 is 14.3 Å². The van der Waals surface area contributed by atoms with Gasteiger partial charge in [0, 0.05) is 30.8 Å². The molecule has 1 aliphatic rings. The van der Waals surface area contributed by atoms with Crippen LogP contribution in [-0.4, -0.2) is 35.8 Å². The fourth-order valence-corrected chi connectivity index (χ4v) is 2.99. The van der Waals surface area contributed by atoms with E-state index in [-0.39, 0.29) is 12.0 Å². The van der Waals surface area contributed by atoms with Crippen molar-refractivity contribution in [2.75, 3.05) is 20.3 Å². The van der Waals surface area contributed by atoms with Crippen molar-refractivity contribution in [1.82, 2.24) is 9.55 Å². The number of rotatable bonds is 2. The van der Waals surface area contributed by atoms with Gasteiger partial charge in [-0.1, -0.05) is 11.6 Å². The Hall–Kier alpha value is -1.59. The maximum atomic E-state index is 11.8. The van der Waals surface area contributed by atoms with Crippen molar-refractivity contribution in [2.45, 2.75) is 18.9 Å². The van der Waals surface area contributed by atoms with E-state index >= 15 is 0 Å². The number of esters is 1. The predicted octanol–water partition coefficient (Wildman–Crippen LogP) is 2.83. The highest BCUT2D eigenvalue weighted by Crippen LogP contribution is 2.32. The van der Waals surface area contributed by atoms with E-state index < -0.39 is 0 Å². The van der Waals surface area contributed by atoms with Gasteiger partial charge in [0.05, 0.1) is 12.7 Å². The molecule has 2 aromatic heterocycles. The topological polar surface area (TPSA) is 53.3 Å². The first-order chi connectivity index (χ1) is 9.72. The minimum Gasteiger partial charge on any atom is -0.465 e. The lowest BCUT2D eigenvalue weighted by Crippen LogP contribution is -2.19. The van der Waals surface area contributed by atoms with Gasteiger partial charge in [0.15, 0.2) is 0 Å². The second kappa shape index (κ2) is 5.42. The second-order valence-corrected chi connectivity index (χ2v) is 5.16. The van der Waals surface area contributed by atoms with Gasteiger partial charge < -0.3 is 14.0 Å². The molecule has 1 fully saturated rings. The van der Waals surface area contributed by atoms with Gasteiger partial charge in [0.25, 0.3) is 0 Å². The number of methoxy groups -OCH3 is 1. The normalized spacial score (nSPS) is 16.5. The molecule has 106 valence electrons. The van der Waals surface area contributed by atoms with E-state index in [1.165, 1.54) is 7.11 Å². The first kappa shape index (κ1) is 13.4. The molecule has 0 atom stereocenters. The summed E-state index contributed by atoms with van der Waals surface area (Å²) < 4.78 is 12.2.